The molecule has 0 unspecified atom stereocenters. The predicted molar refractivity (Wildman–Crippen MR) is 120 cm³/mol. The smallest absolute Gasteiger partial charge is 0.414 e. The third kappa shape index (κ3) is 4.71. The van der Waals surface area contributed by atoms with Crippen LogP contribution in [0.3, 0.4) is 0 Å². The topological polar surface area (TPSA) is 88.2 Å². The molecule has 0 bridgehead atoms. The number of likely N-dealkylation sites (tertiary alicyclic amines) is 1. The summed E-state index contributed by atoms with van der Waals surface area (Å²) in [5, 5.41) is 3.40. The maximum atomic E-state index is 12.6. The van der Waals surface area contributed by atoms with Crippen molar-refractivity contribution >= 4 is 40.9 Å². The molecule has 4 rings (SSSR count). The first-order valence-electron chi connectivity index (χ1n) is 10.4. The molecule has 0 spiro atoms. The quantitative estimate of drug-likeness (QED) is 0.689. The van der Waals surface area contributed by atoms with Crippen molar-refractivity contribution in [1.29, 1.82) is 0 Å². The molecule has 0 aromatic heterocycles. The Morgan fingerprint density at radius 2 is 1.94 bits per heavy atom. The first kappa shape index (κ1) is 22.1. The van der Waals surface area contributed by atoms with E-state index in [1.165, 1.54) is 7.11 Å². The van der Waals surface area contributed by atoms with Gasteiger partial charge in [-0.2, -0.15) is 0 Å². The normalized spacial score (nSPS) is 16.8. The summed E-state index contributed by atoms with van der Waals surface area (Å²) in [6, 6.07) is 12.2. The third-order valence-corrected chi connectivity index (χ3v) is 5.98. The average molecular weight is 458 g/mol. The van der Waals surface area contributed by atoms with E-state index in [9.17, 15) is 14.4 Å². The zero-order valence-corrected chi connectivity index (χ0v) is 18.4. The van der Waals surface area contributed by atoms with Gasteiger partial charge in [-0.3, -0.25) is 14.6 Å². The summed E-state index contributed by atoms with van der Waals surface area (Å²) in [5.74, 6) is -0.714. The number of hydrogen-bond donors (Lipinski definition) is 1. The van der Waals surface area contributed by atoms with Gasteiger partial charge < -0.3 is 14.8 Å². The number of ether oxygens (including phenoxy) is 2. The van der Waals surface area contributed by atoms with Crippen LogP contribution in [0.4, 0.5) is 16.2 Å². The van der Waals surface area contributed by atoms with Gasteiger partial charge in [0.15, 0.2) is 0 Å². The van der Waals surface area contributed by atoms with E-state index in [1.807, 2.05) is 17.0 Å². The number of esters is 1. The third-order valence-electron chi connectivity index (χ3n) is 5.74. The van der Waals surface area contributed by atoms with Gasteiger partial charge >= 0.3 is 12.1 Å². The van der Waals surface area contributed by atoms with E-state index < -0.39 is 5.97 Å². The number of cyclic esters (lactones) is 1. The van der Waals surface area contributed by atoms with E-state index in [2.05, 4.69) is 5.32 Å². The lowest BCUT2D eigenvalue weighted by Crippen LogP contribution is -2.50. The van der Waals surface area contributed by atoms with E-state index in [0.717, 1.165) is 11.3 Å². The van der Waals surface area contributed by atoms with Crippen LogP contribution in [-0.4, -0.2) is 55.7 Å². The molecule has 0 aliphatic carbocycles. The maximum Gasteiger partial charge on any atom is 0.414 e. The monoisotopic (exact) mass is 457 g/mol. The van der Waals surface area contributed by atoms with Crippen molar-refractivity contribution in [2.24, 2.45) is 0 Å². The summed E-state index contributed by atoms with van der Waals surface area (Å²) in [7, 11) is 1.30. The Balaban J connectivity index is 1.36. The molecule has 1 saturated heterocycles. The van der Waals surface area contributed by atoms with Gasteiger partial charge in [0.1, 0.15) is 6.61 Å². The van der Waals surface area contributed by atoms with Gasteiger partial charge in [0.2, 0.25) is 5.91 Å². The first-order valence-corrected chi connectivity index (χ1v) is 10.8. The number of piperidine rings is 1. The highest BCUT2D eigenvalue weighted by Gasteiger charge is 2.34. The first-order chi connectivity index (χ1) is 15.5. The van der Waals surface area contributed by atoms with Crippen LogP contribution in [0.25, 0.3) is 0 Å². The van der Waals surface area contributed by atoms with E-state index in [0.29, 0.717) is 42.2 Å². The number of carbonyl (C=O) groups is 3. The molecule has 2 amide bonds. The fourth-order valence-electron chi connectivity index (χ4n) is 4.17. The number of benzene rings is 2. The molecule has 2 aromatic rings. The minimum atomic E-state index is -0.503. The second-order valence-electron chi connectivity index (χ2n) is 7.79. The second-order valence-corrected chi connectivity index (χ2v) is 8.23. The molecule has 2 aliphatic rings. The van der Waals surface area contributed by atoms with Crippen molar-refractivity contribution in [1.82, 2.24) is 4.90 Å². The average Bonchev–Trinajstić information content (AvgIpc) is 2.79. The molecule has 0 radical (unpaired) electrons. The zero-order chi connectivity index (χ0) is 22.7. The van der Waals surface area contributed by atoms with Crippen LogP contribution in [0.2, 0.25) is 5.02 Å². The van der Waals surface area contributed by atoms with Crippen LogP contribution in [-0.2, 0) is 20.9 Å². The Morgan fingerprint density at radius 3 is 2.69 bits per heavy atom. The minimum Gasteiger partial charge on any atom is -0.465 e. The lowest BCUT2D eigenvalue weighted by Gasteiger charge is -2.40. The van der Waals surface area contributed by atoms with Crippen molar-refractivity contribution in [3.05, 3.63) is 58.6 Å². The largest absolute Gasteiger partial charge is 0.465 e. The van der Waals surface area contributed by atoms with E-state index in [1.54, 1.807) is 35.2 Å². The van der Waals surface area contributed by atoms with Crippen LogP contribution in [0, 0.1) is 0 Å². The molecule has 9 heteroatoms. The Bertz CT molecular complexity index is 1040. The summed E-state index contributed by atoms with van der Waals surface area (Å²) in [6.07, 6.45) is 1.07. The number of anilines is 2. The second kappa shape index (κ2) is 9.58. The molecule has 168 valence electrons. The summed E-state index contributed by atoms with van der Waals surface area (Å²) < 4.78 is 10.1. The van der Waals surface area contributed by atoms with Gasteiger partial charge in [-0.05, 0) is 43.2 Å². The number of halogens is 1. The van der Waals surface area contributed by atoms with Gasteiger partial charge in [0.05, 0.1) is 30.6 Å². The number of carbonyl (C=O) groups excluding carboxylic acids is 3. The molecular weight excluding hydrogens is 434 g/mol. The summed E-state index contributed by atoms with van der Waals surface area (Å²) >= 11 is 6.08. The van der Waals surface area contributed by atoms with Gasteiger partial charge in [0.25, 0.3) is 0 Å². The highest BCUT2D eigenvalue weighted by atomic mass is 35.5. The molecule has 1 N–H and O–H groups in total. The van der Waals surface area contributed by atoms with Crippen molar-refractivity contribution in [2.45, 2.75) is 25.5 Å². The number of para-hydroxylation sites is 1. The number of methoxy groups -OCH3 is 1. The summed E-state index contributed by atoms with van der Waals surface area (Å²) in [5.41, 5.74) is 2.46. The number of rotatable bonds is 5. The number of nitrogens with one attached hydrogen (secondary N) is 1. The molecule has 2 heterocycles. The molecule has 1 fully saturated rings. The summed E-state index contributed by atoms with van der Waals surface area (Å²) in [6.45, 7) is 1.73. The fraction of sp³-hybridized carbons (Fsp3) is 0.348. The van der Waals surface area contributed by atoms with Gasteiger partial charge in [-0.15, -0.1) is 0 Å². The molecule has 32 heavy (non-hydrogen) atoms. The van der Waals surface area contributed by atoms with E-state index >= 15 is 0 Å². The van der Waals surface area contributed by atoms with E-state index in [4.69, 9.17) is 21.1 Å². The van der Waals surface area contributed by atoms with Crippen LogP contribution in [0.1, 0.15) is 28.8 Å². The van der Waals surface area contributed by atoms with Gasteiger partial charge in [-0.1, -0.05) is 23.7 Å². The van der Waals surface area contributed by atoms with Crippen LogP contribution in [0.5, 0.6) is 0 Å². The van der Waals surface area contributed by atoms with Gasteiger partial charge in [-0.25, -0.2) is 9.59 Å². The Labute approximate surface area is 191 Å². The van der Waals surface area contributed by atoms with Crippen molar-refractivity contribution in [3.8, 4) is 0 Å². The van der Waals surface area contributed by atoms with Crippen molar-refractivity contribution < 1.29 is 23.9 Å². The lowest BCUT2D eigenvalue weighted by atomic mass is 10.0. The molecule has 2 aromatic carbocycles. The Morgan fingerprint density at radius 1 is 1.19 bits per heavy atom. The number of hydrogen-bond acceptors (Lipinski definition) is 6. The fourth-order valence-corrected chi connectivity index (χ4v) is 4.36. The molecule has 2 aliphatic heterocycles. The zero-order valence-electron chi connectivity index (χ0n) is 17.7. The lowest BCUT2D eigenvalue weighted by molar-refractivity contribution is -0.117. The predicted octanol–water partition coefficient (Wildman–Crippen LogP) is 3.69. The molecule has 0 atom stereocenters. The number of nitrogens with zero attached hydrogens (tertiary/aromatic N) is 2. The highest BCUT2D eigenvalue weighted by Crippen LogP contribution is 2.33. The molecule has 8 nitrogen and oxygen atoms in total. The van der Waals surface area contributed by atoms with Crippen LogP contribution < -0.4 is 10.2 Å². The Hall–Kier alpha value is -3.10. The van der Waals surface area contributed by atoms with Crippen LogP contribution in [0.15, 0.2) is 42.5 Å². The Kier molecular flexibility index (Phi) is 6.62. The van der Waals surface area contributed by atoms with Crippen molar-refractivity contribution in [3.63, 3.8) is 0 Å². The molecule has 0 saturated carbocycles. The molecular formula is C23H24ClN3O5. The van der Waals surface area contributed by atoms with Gasteiger partial charge in [0, 0.05) is 29.7 Å². The number of amides is 2. The summed E-state index contributed by atoms with van der Waals surface area (Å²) in [4.78, 5) is 40.7. The minimum absolute atomic E-state index is 0.0120. The number of fused-ring (bicyclic) bond motifs is 1. The van der Waals surface area contributed by atoms with Crippen LogP contribution >= 0.6 is 11.6 Å². The highest BCUT2D eigenvalue weighted by molar-refractivity contribution is 6.30. The van der Waals surface area contributed by atoms with E-state index in [-0.39, 0.29) is 31.2 Å². The maximum absolute atomic E-state index is 12.6. The standard InChI is InChI=1S/C23H24ClN3O5/c1-31-22(29)18-4-2-3-5-19(18)25-21(28)13-26-10-8-17(9-11-26)27-20-7-6-16(24)12-15(20)14-32-23(27)30/h2-7,12,17H,8-11,13-14H2,1H3,(H,25,28). The van der Waals surface area contributed by atoms with Crippen molar-refractivity contribution in [2.75, 3.05) is 37.0 Å². The SMILES string of the molecule is COC(=O)c1ccccc1NC(=O)CN1CCC(N2C(=O)OCc3cc(Cl)ccc32)CC1.